The Balaban J connectivity index is 2.03. The quantitative estimate of drug-likeness (QED) is 0.810. The van der Waals surface area contributed by atoms with Gasteiger partial charge in [-0.2, -0.15) is 0 Å². The van der Waals surface area contributed by atoms with E-state index in [0.717, 1.165) is 32.1 Å². The molecular weight excluding hydrogens is 254 g/mol. The average molecular weight is 279 g/mol. The topological polar surface area (TPSA) is 67.2 Å². The maximum atomic E-state index is 12.2. The second-order valence-electron chi connectivity index (χ2n) is 5.77. The molecule has 1 aliphatic carbocycles. The fraction of sp³-hybridized carbons (Fsp3) is 0.733. The van der Waals surface area contributed by atoms with E-state index in [1.165, 1.54) is 12.8 Å². The van der Waals surface area contributed by atoms with E-state index in [4.69, 9.17) is 0 Å². The molecule has 0 unspecified atom stereocenters. The van der Waals surface area contributed by atoms with Gasteiger partial charge in [0.1, 0.15) is 0 Å². The first-order valence-corrected chi connectivity index (χ1v) is 7.66. The van der Waals surface area contributed by atoms with Crippen LogP contribution in [0.1, 0.15) is 51.9 Å². The Morgan fingerprint density at radius 3 is 2.70 bits per heavy atom. The number of hydrogen-bond acceptors (Lipinski definition) is 4. The molecule has 0 saturated heterocycles. The van der Waals surface area contributed by atoms with Crippen LogP contribution in [0.4, 0.5) is 5.82 Å². The smallest absolute Gasteiger partial charge is 0.293 e. The summed E-state index contributed by atoms with van der Waals surface area (Å²) in [5.74, 6) is 0.346. The molecule has 112 valence electrons. The van der Waals surface area contributed by atoms with Gasteiger partial charge in [-0.25, -0.2) is 4.98 Å². The Hall–Kier alpha value is -1.36. The van der Waals surface area contributed by atoms with E-state index >= 15 is 0 Å². The van der Waals surface area contributed by atoms with E-state index in [9.17, 15) is 9.90 Å². The van der Waals surface area contributed by atoms with Crippen molar-refractivity contribution in [2.45, 2.75) is 64.0 Å². The van der Waals surface area contributed by atoms with Gasteiger partial charge >= 0.3 is 0 Å². The summed E-state index contributed by atoms with van der Waals surface area (Å²) in [6.45, 7) is 3.14. The lowest BCUT2D eigenvalue weighted by atomic mass is 9.94. The predicted octanol–water partition coefficient (Wildman–Crippen LogP) is 2.15. The Labute approximate surface area is 120 Å². The number of nitrogens with one attached hydrogen (secondary N) is 1. The zero-order chi connectivity index (χ0) is 14.4. The molecule has 0 atom stereocenters. The van der Waals surface area contributed by atoms with Gasteiger partial charge in [-0.15, -0.1) is 0 Å². The number of aromatic nitrogens is 2. The molecule has 0 bridgehead atoms. The van der Waals surface area contributed by atoms with Gasteiger partial charge in [0.25, 0.3) is 5.56 Å². The zero-order valence-corrected chi connectivity index (χ0v) is 12.3. The first kappa shape index (κ1) is 15.0. The van der Waals surface area contributed by atoms with Crippen LogP contribution < -0.4 is 10.9 Å². The molecule has 0 spiro atoms. The molecular formula is C15H25N3O2. The average Bonchev–Trinajstić information content (AvgIpc) is 2.65. The fourth-order valence-electron chi connectivity index (χ4n) is 2.80. The minimum absolute atomic E-state index is 0.105. The van der Waals surface area contributed by atoms with Crippen LogP contribution in [-0.2, 0) is 6.54 Å². The molecule has 0 aliphatic heterocycles. The molecule has 1 aliphatic rings. The fourth-order valence-corrected chi connectivity index (χ4v) is 2.80. The summed E-state index contributed by atoms with van der Waals surface area (Å²) in [6, 6.07) is 0. The van der Waals surface area contributed by atoms with Crippen molar-refractivity contribution in [2.75, 3.05) is 11.9 Å². The predicted molar refractivity (Wildman–Crippen MR) is 79.9 cm³/mol. The van der Waals surface area contributed by atoms with Gasteiger partial charge in [-0.1, -0.05) is 32.6 Å². The van der Waals surface area contributed by atoms with Crippen molar-refractivity contribution in [3.63, 3.8) is 0 Å². The monoisotopic (exact) mass is 279 g/mol. The molecule has 1 heterocycles. The van der Waals surface area contributed by atoms with Gasteiger partial charge in [0, 0.05) is 25.5 Å². The number of aryl methyl sites for hydroxylation is 1. The summed E-state index contributed by atoms with van der Waals surface area (Å²) in [4.78, 5) is 16.3. The molecule has 0 aromatic carbocycles. The van der Waals surface area contributed by atoms with Crippen molar-refractivity contribution in [3.05, 3.63) is 22.7 Å². The van der Waals surface area contributed by atoms with Gasteiger partial charge < -0.3 is 15.0 Å². The van der Waals surface area contributed by atoms with E-state index in [1.807, 2.05) is 6.92 Å². The molecule has 0 amide bonds. The highest BCUT2D eigenvalue weighted by Gasteiger charge is 2.28. The van der Waals surface area contributed by atoms with Crippen molar-refractivity contribution in [3.8, 4) is 0 Å². The summed E-state index contributed by atoms with van der Waals surface area (Å²) in [6.07, 6.45) is 10.3. The maximum absolute atomic E-state index is 12.2. The zero-order valence-electron chi connectivity index (χ0n) is 12.3. The van der Waals surface area contributed by atoms with Crippen LogP contribution in [0.25, 0.3) is 0 Å². The number of aliphatic hydroxyl groups is 1. The number of rotatable bonds is 5. The van der Waals surface area contributed by atoms with Crippen LogP contribution in [-0.4, -0.2) is 26.8 Å². The first-order valence-electron chi connectivity index (χ1n) is 7.66. The van der Waals surface area contributed by atoms with Crippen LogP contribution in [0.3, 0.4) is 0 Å². The highest BCUT2D eigenvalue weighted by molar-refractivity contribution is 5.31. The summed E-state index contributed by atoms with van der Waals surface area (Å²) in [5, 5.41) is 13.6. The normalized spacial score (nSPS) is 18.5. The first-order chi connectivity index (χ1) is 9.64. The second-order valence-corrected chi connectivity index (χ2v) is 5.77. The lowest BCUT2D eigenvalue weighted by Gasteiger charge is -2.26. The molecule has 1 aromatic heterocycles. The molecule has 2 N–H and O–H groups in total. The molecule has 2 rings (SSSR count). The number of anilines is 1. The number of hydrogen-bond donors (Lipinski definition) is 2. The molecule has 5 nitrogen and oxygen atoms in total. The van der Waals surface area contributed by atoms with Gasteiger partial charge in [-0.3, -0.25) is 4.79 Å². The summed E-state index contributed by atoms with van der Waals surface area (Å²) >= 11 is 0. The molecule has 20 heavy (non-hydrogen) atoms. The van der Waals surface area contributed by atoms with E-state index < -0.39 is 5.60 Å². The van der Waals surface area contributed by atoms with Gasteiger partial charge in [0.05, 0.1) is 5.60 Å². The largest absolute Gasteiger partial charge is 0.388 e. The standard InChI is InChI=1S/C15H25N3O2/c1-2-10-18-11-9-16-13(14(18)19)17-12-15(20)7-5-3-4-6-8-15/h9,11,20H,2-8,10,12H2,1H3,(H,16,17). The Morgan fingerprint density at radius 1 is 1.35 bits per heavy atom. The van der Waals surface area contributed by atoms with E-state index in [0.29, 0.717) is 18.9 Å². The van der Waals surface area contributed by atoms with E-state index in [-0.39, 0.29) is 5.56 Å². The maximum Gasteiger partial charge on any atom is 0.293 e. The molecule has 1 fully saturated rings. The minimum atomic E-state index is -0.698. The summed E-state index contributed by atoms with van der Waals surface area (Å²) in [5.41, 5.74) is -0.803. The Morgan fingerprint density at radius 2 is 2.05 bits per heavy atom. The van der Waals surface area contributed by atoms with Crippen molar-refractivity contribution < 1.29 is 5.11 Å². The van der Waals surface area contributed by atoms with Crippen molar-refractivity contribution >= 4 is 5.82 Å². The molecule has 0 radical (unpaired) electrons. The van der Waals surface area contributed by atoms with E-state index in [1.54, 1.807) is 17.0 Å². The molecule has 5 heteroatoms. The summed E-state index contributed by atoms with van der Waals surface area (Å²) in [7, 11) is 0. The minimum Gasteiger partial charge on any atom is -0.388 e. The number of nitrogens with zero attached hydrogens (tertiary/aromatic N) is 2. The lowest BCUT2D eigenvalue weighted by molar-refractivity contribution is 0.0380. The van der Waals surface area contributed by atoms with Gasteiger partial charge in [0.15, 0.2) is 5.82 Å². The SMILES string of the molecule is CCCn1ccnc(NCC2(O)CCCCCC2)c1=O. The third-order valence-electron chi connectivity index (χ3n) is 4.00. The highest BCUT2D eigenvalue weighted by Crippen LogP contribution is 2.26. The van der Waals surface area contributed by atoms with Crippen molar-refractivity contribution in [2.24, 2.45) is 0 Å². The van der Waals surface area contributed by atoms with Crippen LogP contribution in [0, 0.1) is 0 Å². The van der Waals surface area contributed by atoms with Gasteiger partial charge in [0.2, 0.25) is 0 Å². The van der Waals surface area contributed by atoms with Crippen LogP contribution in [0.2, 0.25) is 0 Å². The van der Waals surface area contributed by atoms with Crippen LogP contribution >= 0.6 is 0 Å². The lowest BCUT2D eigenvalue weighted by Crippen LogP contribution is -2.38. The van der Waals surface area contributed by atoms with Crippen LogP contribution in [0.5, 0.6) is 0 Å². The molecule has 1 aromatic rings. The van der Waals surface area contributed by atoms with Crippen molar-refractivity contribution in [1.29, 1.82) is 0 Å². The highest BCUT2D eigenvalue weighted by atomic mass is 16.3. The third-order valence-corrected chi connectivity index (χ3v) is 4.00. The Bertz CT molecular complexity index is 476. The van der Waals surface area contributed by atoms with E-state index in [2.05, 4.69) is 10.3 Å². The molecule has 1 saturated carbocycles. The van der Waals surface area contributed by atoms with Crippen LogP contribution in [0.15, 0.2) is 17.2 Å². The summed E-state index contributed by atoms with van der Waals surface area (Å²) < 4.78 is 1.66. The third kappa shape index (κ3) is 3.82. The van der Waals surface area contributed by atoms with Gasteiger partial charge in [-0.05, 0) is 19.3 Å². The second kappa shape index (κ2) is 6.88. The van der Waals surface area contributed by atoms with Crippen molar-refractivity contribution in [1.82, 2.24) is 9.55 Å². The Kier molecular flexibility index (Phi) is 5.17.